The number of rotatable bonds is 2. The van der Waals surface area contributed by atoms with E-state index in [1.807, 2.05) is 10.3 Å². The largest absolute Gasteiger partial charge is 0.450 e. The van der Waals surface area contributed by atoms with Crippen molar-refractivity contribution in [2.45, 2.75) is 32.6 Å². The molecule has 0 N–H and O–H groups in total. The van der Waals surface area contributed by atoms with Crippen molar-refractivity contribution in [3.63, 3.8) is 0 Å². The average Bonchev–Trinajstić information content (AvgIpc) is 2.98. The third-order valence-corrected chi connectivity index (χ3v) is 5.47. The SMILES string of the molecule is CCOC(=O)N1CCN(C(=O)c2csc3c2CCCC3)CC1. The van der Waals surface area contributed by atoms with Crippen LogP contribution >= 0.6 is 11.3 Å². The van der Waals surface area contributed by atoms with Crippen molar-refractivity contribution in [3.8, 4) is 0 Å². The lowest BCUT2D eigenvalue weighted by atomic mass is 9.95. The highest BCUT2D eigenvalue weighted by atomic mass is 32.1. The van der Waals surface area contributed by atoms with Crippen LogP contribution in [-0.2, 0) is 17.6 Å². The van der Waals surface area contributed by atoms with Gasteiger partial charge in [-0.2, -0.15) is 0 Å². The molecule has 0 atom stereocenters. The highest BCUT2D eigenvalue weighted by Crippen LogP contribution is 2.31. The fourth-order valence-corrected chi connectivity index (χ4v) is 4.27. The maximum atomic E-state index is 12.7. The Morgan fingerprint density at radius 3 is 2.55 bits per heavy atom. The normalized spacial score (nSPS) is 18.0. The number of hydrogen-bond donors (Lipinski definition) is 0. The number of carbonyl (C=O) groups excluding carboxylic acids is 2. The van der Waals surface area contributed by atoms with Gasteiger partial charge in [-0.3, -0.25) is 4.79 Å². The zero-order valence-electron chi connectivity index (χ0n) is 13.0. The predicted molar refractivity (Wildman–Crippen MR) is 85.5 cm³/mol. The monoisotopic (exact) mass is 322 g/mol. The van der Waals surface area contributed by atoms with E-state index in [1.54, 1.807) is 23.2 Å². The van der Waals surface area contributed by atoms with Gasteiger partial charge in [-0.15, -0.1) is 11.3 Å². The van der Waals surface area contributed by atoms with Gasteiger partial charge in [0.05, 0.1) is 12.2 Å². The number of fused-ring (bicyclic) bond motifs is 1. The minimum atomic E-state index is -0.275. The van der Waals surface area contributed by atoms with E-state index in [-0.39, 0.29) is 12.0 Å². The minimum absolute atomic E-state index is 0.128. The van der Waals surface area contributed by atoms with Crippen molar-refractivity contribution < 1.29 is 14.3 Å². The van der Waals surface area contributed by atoms with E-state index in [4.69, 9.17) is 4.74 Å². The molecule has 6 heteroatoms. The van der Waals surface area contributed by atoms with Gasteiger partial charge < -0.3 is 14.5 Å². The van der Waals surface area contributed by atoms with Crippen LogP contribution < -0.4 is 0 Å². The van der Waals surface area contributed by atoms with Crippen molar-refractivity contribution in [1.82, 2.24) is 9.80 Å². The first-order chi connectivity index (χ1) is 10.7. The van der Waals surface area contributed by atoms with E-state index in [9.17, 15) is 9.59 Å². The van der Waals surface area contributed by atoms with Gasteiger partial charge in [0, 0.05) is 36.4 Å². The lowest BCUT2D eigenvalue weighted by Gasteiger charge is -2.34. The second kappa shape index (κ2) is 6.69. The molecule has 22 heavy (non-hydrogen) atoms. The van der Waals surface area contributed by atoms with Crippen LogP contribution in [0.25, 0.3) is 0 Å². The molecule has 1 aromatic heterocycles. The second-order valence-corrected chi connectivity index (χ2v) is 6.70. The predicted octanol–water partition coefficient (Wildman–Crippen LogP) is 2.54. The summed E-state index contributed by atoms with van der Waals surface area (Å²) in [5.74, 6) is 0.128. The third-order valence-electron chi connectivity index (χ3n) is 4.38. The summed E-state index contributed by atoms with van der Waals surface area (Å²) in [7, 11) is 0. The smallest absolute Gasteiger partial charge is 0.409 e. The van der Waals surface area contributed by atoms with Gasteiger partial charge >= 0.3 is 6.09 Å². The average molecular weight is 322 g/mol. The Labute approximate surface area is 134 Å². The molecular weight excluding hydrogens is 300 g/mol. The molecule has 2 heterocycles. The topological polar surface area (TPSA) is 49.9 Å². The first-order valence-electron chi connectivity index (χ1n) is 8.01. The Balaban J connectivity index is 1.63. The molecule has 1 aliphatic carbocycles. The molecular formula is C16H22N2O3S. The zero-order valence-corrected chi connectivity index (χ0v) is 13.8. The maximum Gasteiger partial charge on any atom is 0.409 e. The van der Waals surface area contributed by atoms with Crippen molar-refractivity contribution in [3.05, 3.63) is 21.4 Å². The molecule has 3 rings (SSSR count). The molecule has 0 saturated carbocycles. The summed E-state index contributed by atoms with van der Waals surface area (Å²) in [6.07, 6.45) is 4.29. The van der Waals surface area contributed by atoms with Crippen LogP contribution in [-0.4, -0.2) is 54.6 Å². The summed E-state index contributed by atoms with van der Waals surface area (Å²) in [5, 5.41) is 2.02. The van der Waals surface area contributed by atoms with E-state index < -0.39 is 0 Å². The van der Waals surface area contributed by atoms with E-state index in [0.717, 1.165) is 18.4 Å². The number of ether oxygens (including phenoxy) is 1. The van der Waals surface area contributed by atoms with Gasteiger partial charge in [0.25, 0.3) is 5.91 Å². The fourth-order valence-electron chi connectivity index (χ4n) is 3.15. The summed E-state index contributed by atoms with van der Waals surface area (Å²) in [6.45, 7) is 4.47. The summed E-state index contributed by atoms with van der Waals surface area (Å²) in [4.78, 5) is 29.4. The van der Waals surface area contributed by atoms with E-state index in [0.29, 0.717) is 32.8 Å². The van der Waals surface area contributed by atoms with Crippen molar-refractivity contribution in [2.24, 2.45) is 0 Å². The first kappa shape index (κ1) is 15.3. The lowest BCUT2D eigenvalue weighted by Crippen LogP contribution is -2.50. The van der Waals surface area contributed by atoms with Gasteiger partial charge in [-0.1, -0.05) is 0 Å². The lowest BCUT2D eigenvalue weighted by molar-refractivity contribution is 0.0570. The Morgan fingerprint density at radius 1 is 1.14 bits per heavy atom. The van der Waals surface area contributed by atoms with Gasteiger partial charge in [0.1, 0.15) is 0 Å². The summed E-state index contributed by atoms with van der Waals surface area (Å²) < 4.78 is 5.01. The van der Waals surface area contributed by atoms with Crippen LogP contribution in [0.3, 0.4) is 0 Å². The van der Waals surface area contributed by atoms with E-state index in [1.165, 1.54) is 23.3 Å². The molecule has 0 bridgehead atoms. The molecule has 0 aromatic carbocycles. The highest BCUT2D eigenvalue weighted by molar-refractivity contribution is 7.10. The number of nitrogens with zero attached hydrogens (tertiary/aromatic N) is 2. The van der Waals surface area contributed by atoms with Gasteiger partial charge in [0.2, 0.25) is 0 Å². The molecule has 2 aliphatic rings. The molecule has 0 unspecified atom stereocenters. The number of piperazine rings is 1. The molecule has 1 aromatic rings. The van der Waals surface area contributed by atoms with Crippen molar-refractivity contribution >= 4 is 23.3 Å². The van der Waals surface area contributed by atoms with Crippen LogP contribution in [0.1, 0.15) is 40.6 Å². The van der Waals surface area contributed by atoms with Crippen LogP contribution in [0.5, 0.6) is 0 Å². The highest BCUT2D eigenvalue weighted by Gasteiger charge is 2.28. The van der Waals surface area contributed by atoms with Gasteiger partial charge in [0.15, 0.2) is 0 Å². The quantitative estimate of drug-likeness (QED) is 0.841. The van der Waals surface area contributed by atoms with Crippen molar-refractivity contribution in [1.29, 1.82) is 0 Å². The Hall–Kier alpha value is -1.56. The molecule has 120 valence electrons. The van der Waals surface area contributed by atoms with E-state index in [2.05, 4.69) is 0 Å². The Kier molecular flexibility index (Phi) is 4.66. The zero-order chi connectivity index (χ0) is 15.5. The molecule has 1 aliphatic heterocycles. The minimum Gasteiger partial charge on any atom is -0.450 e. The van der Waals surface area contributed by atoms with Crippen LogP contribution in [0.4, 0.5) is 4.79 Å². The number of thiophene rings is 1. The second-order valence-electron chi connectivity index (χ2n) is 5.74. The summed E-state index contributed by atoms with van der Waals surface area (Å²) >= 11 is 1.72. The third kappa shape index (κ3) is 2.97. The molecule has 0 radical (unpaired) electrons. The van der Waals surface area contributed by atoms with Gasteiger partial charge in [-0.25, -0.2) is 4.79 Å². The van der Waals surface area contributed by atoms with E-state index >= 15 is 0 Å². The molecule has 0 spiro atoms. The summed E-state index contributed by atoms with van der Waals surface area (Å²) in [5.41, 5.74) is 2.17. The molecule has 5 nitrogen and oxygen atoms in total. The maximum absolute atomic E-state index is 12.7. The standard InChI is InChI=1S/C16H22N2O3S/c1-2-21-16(20)18-9-7-17(8-10-18)15(19)13-11-22-14-6-4-3-5-12(13)14/h11H,2-10H2,1H3. The molecule has 2 amide bonds. The Bertz CT molecular complexity index is 562. The van der Waals surface area contributed by atoms with Crippen LogP contribution in [0.15, 0.2) is 5.38 Å². The van der Waals surface area contributed by atoms with Crippen LogP contribution in [0, 0.1) is 0 Å². The number of carbonyl (C=O) groups is 2. The molecule has 1 saturated heterocycles. The number of aryl methyl sites for hydroxylation is 1. The van der Waals surface area contributed by atoms with Crippen LogP contribution in [0.2, 0.25) is 0 Å². The van der Waals surface area contributed by atoms with Crippen molar-refractivity contribution in [2.75, 3.05) is 32.8 Å². The van der Waals surface area contributed by atoms with Gasteiger partial charge in [-0.05, 0) is 38.2 Å². The Morgan fingerprint density at radius 2 is 1.82 bits per heavy atom. The summed E-state index contributed by atoms with van der Waals surface area (Å²) in [6, 6.07) is 0. The number of amides is 2. The fraction of sp³-hybridized carbons (Fsp3) is 0.625. The molecule has 1 fully saturated rings. The number of hydrogen-bond acceptors (Lipinski definition) is 4. The first-order valence-corrected chi connectivity index (χ1v) is 8.89.